The SMILES string of the molecule is CCC[C@H]1CC[C@H]([C@@H]2CCCC(c3ccc(C(F)F)c(F)c3)C2)CC1. The highest BCUT2D eigenvalue weighted by Gasteiger charge is 2.32. The van der Waals surface area contributed by atoms with Crippen LogP contribution in [0.25, 0.3) is 0 Å². The summed E-state index contributed by atoms with van der Waals surface area (Å²) in [6.07, 6.45) is 10.0. The summed E-state index contributed by atoms with van der Waals surface area (Å²) in [5.41, 5.74) is 0.455. The van der Waals surface area contributed by atoms with Gasteiger partial charge in [0, 0.05) is 0 Å². The molecule has 2 atom stereocenters. The molecule has 2 fully saturated rings. The normalized spacial score (nSPS) is 30.6. The summed E-state index contributed by atoms with van der Waals surface area (Å²) < 4.78 is 39.4. The van der Waals surface area contributed by atoms with Gasteiger partial charge < -0.3 is 0 Å². The van der Waals surface area contributed by atoms with Crippen LogP contribution in [0.4, 0.5) is 13.2 Å². The Labute approximate surface area is 150 Å². The summed E-state index contributed by atoms with van der Waals surface area (Å²) in [7, 11) is 0. The summed E-state index contributed by atoms with van der Waals surface area (Å²) >= 11 is 0. The van der Waals surface area contributed by atoms with Gasteiger partial charge in [-0.15, -0.1) is 0 Å². The molecule has 0 aliphatic heterocycles. The first-order valence-electron chi connectivity index (χ1n) is 10.2. The van der Waals surface area contributed by atoms with Crippen molar-refractivity contribution >= 4 is 0 Å². The van der Waals surface area contributed by atoms with Crippen LogP contribution in [-0.4, -0.2) is 0 Å². The second kappa shape index (κ2) is 8.60. The molecule has 0 aromatic heterocycles. The molecule has 0 radical (unpaired) electrons. The standard InChI is InChI=1S/C22H31F3/c1-2-4-15-7-9-16(10-8-15)17-5-3-6-18(13-17)19-11-12-20(22(24)25)21(23)14-19/h11-12,14-18,22H,2-10,13H2,1H3/t15-,16-,17-,18?/m1/s1. The average Bonchev–Trinajstić information content (AvgIpc) is 2.62. The highest BCUT2D eigenvalue weighted by molar-refractivity contribution is 5.28. The minimum atomic E-state index is -2.73. The van der Waals surface area contributed by atoms with Crippen molar-refractivity contribution in [3.05, 3.63) is 35.1 Å². The van der Waals surface area contributed by atoms with Crippen molar-refractivity contribution in [3.8, 4) is 0 Å². The Morgan fingerprint density at radius 3 is 2.40 bits per heavy atom. The first-order chi connectivity index (χ1) is 12.1. The summed E-state index contributed by atoms with van der Waals surface area (Å²) in [5, 5.41) is 0. The van der Waals surface area contributed by atoms with E-state index in [0.717, 1.165) is 36.2 Å². The van der Waals surface area contributed by atoms with Crippen LogP contribution >= 0.6 is 0 Å². The molecule has 0 nitrogen and oxygen atoms in total. The number of rotatable bonds is 5. The molecule has 2 aliphatic rings. The lowest BCUT2D eigenvalue weighted by molar-refractivity contribution is 0.146. The van der Waals surface area contributed by atoms with E-state index in [0.29, 0.717) is 5.92 Å². The summed E-state index contributed by atoms with van der Waals surface area (Å²) in [6, 6.07) is 4.39. The maximum Gasteiger partial charge on any atom is 0.266 e. The molecule has 0 spiro atoms. The van der Waals surface area contributed by atoms with Gasteiger partial charge in [-0.3, -0.25) is 0 Å². The first-order valence-corrected chi connectivity index (χ1v) is 10.2. The summed E-state index contributed by atoms with van der Waals surface area (Å²) in [5.74, 6) is 2.08. The molecule has 25 heavy (non-hydrogen) atoms. The lowest BCUT2D eigenvalue weighted by Crippen LogP contribution is -2.26. The van der Waals surface area contributed by atoms with Crippen LogP contribution in [-0.2, 0) is 0 Å². The summed E-state index contributed by atoms with van der Waals surface area (Å²) in [6.45, 7) is 2.27. The number of benzene rings is 1. The Hall–Kier alpha value is -0.990. The van der Waals surface area contributed by atoms with Crippen LogP contribution in [0.15, 0.2) is 18.2 Å². The Bertz CT molecular complexity index is 546. The zero-order valence-corrected chi connectivity index (χ0v) is 15.3. The van der Waals surface area contributed by atoms with E-state index >= 15 is 0 Å². The van der Waals surface area contributed by atoms with E-state index in [1.807, 2.05) is 0 Å². The van der Waals surface area contributed by atoms with Crippen molar-refractivity contribution < 1.29 is 13.2 Å². The van der Waals surface area contributed by atoms with Crippen molar-refractivity contribution in [1.82, 2.24) is 0 Å². The van der Waals surface area contributed by atoms with E-state index in [-0.39, 0.29) is 0 Å². The Kier molecular flexibility index (Phi) is 6.46. The predicted octanol–water partition coefficient (Wildman–Crippen LogP) is 7.64. The fourth-order valence-electron chi connectivity index (χ4n) is 5.29. The van der Waals surface area contributed by atoms with Gasteiger partial charge in [0.05, 0.1) is 5.56 Å². The lowest BCUT2D eigenvalue weighted by Gasteiger charge is -2.38. The molecule has 0 saturated heterocycles. The third kappa shape index (κ3) is 4.60. The molecule has 2 saturated carbocycles. The minimum absolute atomic E-state index is 0.341. The van der Waals surface area contributed by atoms with Crippen molar-refractivity contribution in [1.29, 1.82) is 0 Å². The van der Waals surface area contributed by atoms with Crippen molar-refractivity contribution in [2.75, 3.05) is 0 Å². The maximum absolute atomic E-state index is 13.9. The van der Waals surface area contributed by atoms with Crippen molar-refractivity contribution in [3.63, 3.8) is 0 Å². The lowest BCUT2D eigenvalue weighted by atomic mass is 9.67. The monoisotopic (exact) mass is 352 g/mol. The third-order valence-electron chi connectivity index (χ3n) is 6.70. The zero-order valence-electron chi connectivity index (χ0n) is 15.3. The van der Waals surface area contributed by atoms with Crippen LogP contribution in [0, 0.1) is 23.6 Å². The van der Waals surface area contributed by atoms with Gasteiger partial charge in [0.15, 0.2) is 0 Å². The quantitative estimate of drug-likeness (QED) is 0.510. The molecule has 0 N–H and O–H groups in total. The van der Waals surface area contributed by atoms with Gasteiger partial charge in [0.25, 0.3) is 6.43 Å². The number of hydrogen-bond donors (Lipinski definition) is 0. The van der Waals surface area contributed by atoms with E-state index < -0.39 is 17.8 Å². The van der Waals surface area contributed by atoms with Gasteiger partial charge in [-0.05, 0) is 61.0 Å². The predicted molar refractivity (Wildman–Crippen MR) is 96.4 cm³/mol. The second-order valence-electron chi connectivity index (χ2n) is 8.27. The topological polar surface area (TPSA) is 0 Å². The van der Waals surface area contributed by atoms with Gasteiger partial charge in [0.2, 0.25) is 0 Å². The van der Waals surface area contributed by atoms with E-state index in [4.69, 9.17) is 0 Å². The van der Waals surface area contributed by atoms with Crippen LogP contribution in [0.2, 0.25) is 0 Å². The number of hydrogen-bond acceptors (Lipinski definition) is 0. The van der Waals surface area contributed by atoms with Gasteiger partial charge in [-0.1, -0.05) is 57.6 Å². The van der Waals surface area contributed by atoms with E-state index in [9.17, 15) is 13.2 Å². The average molecular weight is 352 g/mol. The number of halogens is 3. The molecule has 1 unspecified atom stereocenters. The van der Waals surface area contributed by atoms with Gasteiger partial charge in [0.1, 0.15) is 5.82 Å². The van der Waals surface area contributed by atoms with Crippen LogP contribution < -0.4 is 0 Å². The fourth-order valence-corrected chi connectivity index (χ4v) is 5.29. The van der Waals surface area contributed by atoms with Crippen LogP contribution in [0.3, 0.4) is 0 Å². The Balaban J connectivity index is 1.61. The molecule has 0 bridgehead atoms. The molecule has 140 valence electrons. The number of alkyl halides is 2. The van der Waals surface area contributed by atoms with Crippen molar-refractivity contribution in [2.24, 2.45) is 17.8 Å². The first kappa shape index (κ1) is 18.8. The Morgan fingerprint density at radius 2 is 1.76 bits per heavy atom. The van der Waals surface area contributed by atoms with Crippen LogP contribution in [0.1, 0.15) is 94.6 Å². The third-order valence-corrected chi connectivity index (χ3v) is 6.70. The fraction of sp³-hybridized carbons (Fsp3) is 0.727. The highest BCUT2D eigenvalue weighted by atomic mass is 19.3. The van der Waals surface area contributed by atoms with E-state index in [1.165, 1.54) is 63.5 Å². The second-order valence-corrected chi connectivity index (χ2v) is 8.27. The largest absolute Gasteiger partial charge is 0.266 e. The molecule has 2 aliphatic carbocycles. The molecular weight excluding hydrogens is 321 g/mol. The van der Waals surface area contributed by atoms with Crippen LogP contribution in [0.5, 0.6) is 0 Å². The molecule has 1 aromatic rings. The van der Waals surface area contributed by atoms with Gasteiger partial charge >= 0.3 is 0 Å². The molecule has 3 rings (SSSR count). The minimum Gasteiger partial charge on any atom is -0.206 e. The molecule has 1 aromatic carbocycles. The molecule has 3 heteroatoms. The van der Waals surface area contributed by atoms with Gasteiger partial charge in [-0.2, -0.15) is 0 Å². The highest BCUT2D eigenvalue weighted by Crippen LogP contribution is 2.45. The van der Waals surface area contributed by atoms with Crippen molar-refractivity contribution in [2.45, 2.75) is 83.5 Å². The molecule has 0 amide bonds. The maximum atomic E-state index is 13.9. The molecule has 0 heterocycles. The zero-order chi connectivity index (χ0) is 17.8. The smallest absolute Gasteiger partial charge is 0.206 e. The van der Waals surface area contributed by atoms with Gasteiger partial charge in [-0.25, -0.2) is 13.2 Å². The molecular formula is C22H31F3. The van der Waals surface area contributed by atoms with E-state index in [2.05, 4.69) is 6.92 Å². The van der Waals surface area contributed by atoms with E-state index in [1.54, 1.807) is 6.07 Å². The summed E-state index contributed by atoms with van der Waals surface area (Å²) in [4.78, 5) is 0. The Morgan fingerprint density at radius 1 is 1.00 bits per heavy atom.